The average molecular weight is 260 g/mol. The minimum absolute atomic E-state index is 0.0251. The summed E-state index contributed by atoms with van der Waals surface area (Å²) < 4.78 is 4.40. The van der Waals surface area contributed by atoms with E-state index < -0.39 is 6.16 Å². The van der Waals surface area contributed by atoms with Gasteiger partial charge in [-0.2, -0.15) is 0 Å². The second-order valence-electron chi connectivity index (χ2n) is 3.90. The lowest BCUT2D eigenvalue weighted by molar-refractivity contribution is -0.419. The van der Waals surface area contributed by atoms with E-state index >= 15 is 0 Å². The van der Waals surface area contributed by atoms with Crippen LogP contribution in [-0.2, 0) is 0 Å². The number of hydrogen-bond acceptors (Lipinski definition) is 5. The number of carbonyl (C=O) groups excluding carboxylic acids is 1. The Balaban J connectivity index is 2.17. The van der Waals surface area contributed by atoms with E-state index in [1.54, 1.807) is 24.3 Å². The van der Waals surface area contributed by atoms with Crippen molar-refractivity contribution in [1.82, 2.24) is 0 Å². The summed E-state index contributed by atoms with van der Waals surface area (Å²) in [7, 11) is 0. The smallest absolute Gasteiger partial charge is 0.417 e. The molecule has 0 amide bonds. The lowest BCUT2D eigenvalue weighted by Gasteiger charge is -2.15. The van der Waals surface area contributed by atoms with Gasteiger partial charge >= 0.3 is 6.16 Å². The van der Waals surface area contributed by atoms with Crippen molar-refractivity contribution in [2.24, 2.45) is 0 Å². The molecule has 0 saturated heterocycles. The highest BCUT2D eigenvalue weighted by Gasteiger charge is 2.20. The minimum Gasteiger partial charge on any atom is -0.417 e. The quantitative estimate of drug-likeness (QED) is 0.561. The Morgan fingerprint density at radius 3 is 1.89 bits per heavy atom. The maximum absolute atomic E-state index is 12.1. The van der Waals surface area contributed by atoms with Crippen molar-refractivity contribution in [3.8, 4) is 5.75 Å². The van der Waals surface area contributed by atoms with Crippen LogP contribution in [0.1, 0.15) is 15.9 Å². The number of ether oxygens (including phenoxy) is 1. The predicted octanol–water partition coefficient (Wildman–Crippen LogP) is 0.885. The van der Waals surface area contributed by atoms with E-state index in [0.717, 1.165) is 0 Å². The Kier molecular flexibility index (Phi) is 3.62. The lowest BCUT2D eigenvalue weighted by Crippen LogP contribution is -2.34. The molecule has 3 N–H and O–H groups in total. The van der Waals surface area contributed by atoms with E-state index in [1.165, 1.54) is 24.3 Å². The summed E-state index contributed by atoms with van der Waals surface area (Å²) in [5, 5.41) is 25.9. The first-order valence-electron chi connectivity index (χ1n) is 5.52. The summed E-state index contributed by atoms with van der Waals surface area (Å²) >= 11 is 0. The van der Waals surface area contributed by atoms with Crippen LogP contribution in [-0.4, -0.2) is 27.3 Å². The predicted molar refractivity (Wildman–Crippen MR) is 66.3 cm³/mol. The van der Waals surface area contributed by atoms with Crippen LogP contribution < -0.4 is 4.74 Å². The zero-order valence-corrected chi connectivity index (χ0v) is 9.85. The van der Waals surface area contributed by atoms with Crippen molar-refractivity contribution in [2.45, 2.75) is 6.16 Å². The molecule has 2 aromatic carbocycles. The maximum Gasteiger partial charge on any atom is 0.453 e. The monoisotopic (exact) mass is 260 g/mol. The van der Waals surface area contributed by atoms with E-state index in [0.29, 0.717) is 11.1 Å². The normalized spacial score (nSPS) is 11.1. The summed E-state index contributed by atoms with van der Waals surface area (Å²) in [6.45, 7) is 0. The standard InChI is InChI=1S/C14H12O5/c15-13(10-4-2-1-3-5-10)11-6-8-12(9-7-11)19-14(16,17)18/h1-9,16-18H. The molecule has 5 nitrogen and oxygen atoms in total. The SMILES string of the molecule is O=C(c1ccccc1)c1ccc(OC(O)(O)O)cc1. The van der Waals surface area contributed by atoms with E-state index in [1.807, 2.05) is 6.07 Å². The second-order valence-corrected chi connectivity index (χ2v) is 3.90. The Labute approximate surface area is 109 Å². The van der Waals surface area contributed by atoms with Crippen molar-refractivity contribution in [3.05, 3.63) is 65.7 Å². The van der Waals surface area contributed by atoms with Crippen molar-refractivity contribution in [1.29, 1.82) is 0 Å². The van der Waals surface area contributed by atoms with Crippen LogP contribution >= 0.6 is 0 Å². The number of benzene rings is 2. The van der Waals surface area contributed by atoms with E-state index in [4.69, 9.17) is 15.3 Å². The molecule has 0 bridgehead atoms. The fourth-order valence-electron chi connectivity index (χ4n) is 1.59. The van der Waals surface area contributed by atoms with E-state index in [-0.39, 0.29) is 11.5 Å². The van der Waals surface area contributed by atoms with Crippen LogP contribution in [0.2, 0.25) is 0 Å². The number of hydrogen-bond donors (Lipinski definition) is 3. The molecular weight excluding hydrogens is 248 g/mol. The van der Waals surface area contributed by atoms with Gasteiger partial charge in [0.1, 0.15) is 5.75 Å². The number of ketones is 1. The highest BCUT2D eigenvalue weighted by atomic mass is 16.9. The Hall–Kier alpha value is -2.21. The molecule has 0 radical (unpaired) electrons. The van der Waals surface area contributed by atoms with Crippen molar-refractivity contribution in [3.63, 3.8) is 0 Å². The third-order valence-electron chi connectivity index (χ3n) is 2.41. The number of carbonyl (C=O) groups is 1. The van der Waals surface area contributed by atoms with Crippen LogP contribution in [0.3, 0.4) is 0 Å². The van der Waals surface area contributed by atoms with Gasteiger partial charge in [-0.3, -0.25) is 4.79 Å². The molecule has 2 rings (SSSR count). The van der Waals surface area contributed by atoms with Crippen LogP contribution in [0.4, 0.5) is 0 Å². The van der Waals surface area contributed by atoms with E-state index in [9.17, 15) is 4.79 Å². The summed E-state index contributed by atoms with van der Waals surface area (Å²) in [5.41, 5.74) is 0.981. The Bertz CT molecular complexity index is 555. The third kappa shape index (κ3) is 3.62. The molecule has 0 aliphatic carbocycles. The van der Waals surface area contributed by atoms with Crippen LogP contribution in [0.15, 0.2) is 54.6 Å². The molecule has 0 fully saturated rings. The van der Waals surface area contributed by atoms with Gasteiger partial charge in [0.25, 0.3) is 0 Å². The van der Waals surface area contributed by atoms with Crippen molar-refractivity contribution < 1.29 is 24.9 Å². The summed E-state index contributed by atoms with van der Waals surface area (Å²) in [6.07, 6.45) is -3.23. The number of rotatable bonds is 4. The third-order valence-corrected chi connectivity index (χ3v) is 2.41. The first-order valence-corrected chi connectivity index (χ1v) is 5.52. The van der Waals surface area contributed by atoms with Gasteiger partial charge in [0, 0.05) is 11.1 Å². The molecule has 2 aromatic rings. The average Bonchev–Trinajstić information content (AvgIpc) is 2.38. The van der Waals surface area contributed by atoms with Gasteiger partial charge in [-0.1, -0.05) is 30.3 Å². The van der Waals surface area contributed by atoms with Gasteiger partial charge in [-0.25, -0.2) is 0 Å². The molecule has 98 valence electrons. The molecule has 0 spiro atoms. The fourth-order valence-corrected chi connectivity index (χ4v) is 1.59. The Morgan fingerprint density at radius 1 is 0.842 bits per heavy atom. The van der Waals surface area contributed by atoms with Crippen molar-refractivity contribution in [2.75, 3.05) is 0 Å². The maximum atomic E-state index is 12.1. The van der Waals surface area contributed by atoms with Gasteiger partial charge in [-0.15, -0.1) is 0 Å². The molecular formula is C14H12O5. The first kappa shape index (κ1) is 13.2. The topological polar surface area (TPSA) is 87.0 Å². The molecule has 0 aromatic heterocycles. The van der Waals surface area contributed by atoms with Crippen molar-refractivity contribution >= 4 is 5.78 Å². The minimum atomic E-state index is -3.23. The largest absolute Gasteiger partial charge is 0.453 e. The molecule has 0 heterocycles. The fraction of sp³-hybridized carbons (Fsp3) is 0.0714. The highest BCUT2D eigenvalue weighted by molar-refractivity contribution is 6.08. The molecule has 0 unspecified atom stereocenters. The zero-order chi connectivity index (χ0) is 13.9. The molecule has 0 aliphatic heterocycles. The van der Waals surface area contributed by atoms with Gasteiger partial charge < -0.3 is 20.1 Å². The molecule has 0 saturated carbocycles. The Morgan fingerprint density at radius 2 is 1.37 bits per heavy atom. The lowest BCUT2D eigenvalue weighted by atomic mass is 10.0. The van der Waals surface area contributed by atoms with Crippen LogP contribution in [0.5, 0.6) is 5.75 Å². The van der Waals surface area contributed by atoms with Crippen LogP contribution in [0, 0.1) is 0 Å². The summed E-state index contributed by atoms with van der Waals surface area (Å²) in [6, 6.07) is 14.4. The number of aliphatic hydroxyl groups is 3. The second kappa shape index (κ2) is 5.19. The van der Waals surface area contributed by atoms with Gasteiger partial charge in [-0.05, 0) is 24.3 Å². The van der Waals surface area contributed by atoms with E-state index in [2.05, 4.69) is 4.74 Å². The molecule has 19 heavy (non-hydrogen) atoms. The van der Waals surface area contributed by atoms with Gasteiger partial charge in [0.15, 0.2) is 5.78 Å². The van der Waals surface area contributed by atoms with Gasteiger partial charge in [0.05, 0.1) is 0 Å². The highest BCUT2D eigenvalue weighted by Crippen LogP contribution is 2.17. The zero-order valence-electron chi connectivity index (χ0n) is 9.85. The summed E-state index contributed by atoms with van der Waals surface area (Å²) in [4.78, 5) is 12.1. The van der Waals surface area contributed by atoms with Gasteiger partial charge in [0.2, 0.25) is 0 Å². The first-order chi connectivity index (χ1) is 8.96. The molecule has 0 atom stereocenters. The van der Waals surface area contributed by atoms with Crippen LogP contribution in [0.25, 0.3) is 0 Å². The molecule has 0 aliphatic rings. The summed E-state index contributed by atoms with van der Waals surface area (Å²) in [5.74, 6) is -0.132. The molecule has 5 heteroatoms.